The Morgan fingerprint density at radius 2 is 2.10 bits per heavy atom. The Labute approximate surface area is 173 Å². The molecule has 0 aromatic carbocycles. The summed E-state index contributed by atoms with van der Waals surface area (Å²) in [6.45, 7) is 5.83. The molecule has 2 N–H and O–H groups in total. The van der Waals surface area contributed by atoms with Crippen LogP contribution in [-0.2, 0) is 16.8 Å². The molecule has 164 valence electrons. The second kappa shape index (κ2) is 8.73. The fourth-order valence-corrected chi connectivity index (χ4v) is 3.39. The monoisotopic (exact) mass is 425 g/mol. The van der Waals surface area contributed by atoms with Gasteiger partial charge in [0, 0.05) is 37.6 Å². The SMILES string of the molecule is CCc1cncc(-c2cnc(C(C)(C)N3CCN[C@H](C(=O)NCC(F)(F)F)C3)o2)c1. The Bertz CT molecular complexity index is 881. The molecule has 3 rings (SSSR count). The fourth-order valence-electron chi connectivity index (χ4n) is 3.39. The van der Waals surface area contributed by atoms with Gasteiger partial charge in [-0.05, 0) is 31.9 Å². The lowest BCUT2D eigenvalue weighted by atomic mass is 10.00. The smallest absolute Gasteiger partial charge is 0.405 e. The quantitative estimate of drug-likeness (QED) is 0.740. The van der Waals surface area contributed by atoms with Crippen molar-refractivity contribution in [2.75, 3.05) is 26.2 Å². The van der Waals surface area contributed by atoms with Crippen molar-refractivity contribution in [2.24, 2.45) is 0 Å². The van der Waals surface area contributed by atoms with Crippen molar-refractivity contribution in [1.29, 1.82) is 0 Å². The molecule has 1 atom stereocenters. The lowest BCUT2D eigenvalue weighted by Gasteiger charge is -2.41. The summed E-state index contributed by atoms with van der Waals surface area (Å²) >= 11 is 0. The van der Waals surface area contributed by atoms with E-state index in [2.05, 4.69) is 15.3 Å². The molecule has 1 fully saturated rings. The van der Waals surface area contributed by atoms with E-state index in [0.717, 1.165) is 17.5 Å². The first kappa shape index (κ1) is 22.2. The van der Waals surface area contributed by atoms with Crippen molar-refractivity contribution in [3.63, 3.8) is 0 Å². The van der Waals surface area contributed by atoms with E-state index in [0.29, 0.717) is 24.7 Å². The van der Waals surface area contributed by atoms with Crippen molar-refractivity contribution in [2.45, 2.75) is 44.9 Å². The number of halogens is 3. The van der Waals surface area contributed by atoms with Gasteiger partial charge in [-0.1, -0.05) is 6.92 Å². The number of hydrogen-bond acceptors (Lipinski definition) is 6. The van der Waals surface area contributed by atoms with Crippen LogP contribution < -0.4 is 10.6 Å². The number of nitrogens with zero attached hydrogens (tertiary/aromatic N) is 3. The molecule has 7 nitrogen and oxygen atoms in total. The summed E-state index contributed by atoms with van der Waals surface area (Å²) in [5.41, 5.74) is 1.26. The lowest BCUT2D eigenvalue weighted by molar-refractivity contribution is -0.140. The molecule has 0 bridgehead atoms. The maximum absolute atomic E-state index is 12.4. The minimum Gasteiger partial charge on any atom is -0.439 e. The molecule has 1 aliphatic rings. The predicted octanol–water partition coefficient (Wildman–Crippen LogP) is 2.49. The fraction of sp³-hybridized carbons (Fsp3) is 0.550. The first-order chi connectivity index (χ1) is 14.1. The summed E-state index contributed by atoms with van der Waals surface area (Å²) in [5.74, 6) is 0.384. The molecular weight excluding hydrogens is 399 g/mol. The van der Waals surface area contributed by atoms with E-state index in [-0.39, 0.29) is 6.54 Å². The number of pyridine rings is 1. The van der Waals surface area contributed by atoms with Gasteiger partial charge < -0.3 is 15.1 Å². The molecule has 30 heavy (non-hydrogen) atoms. The van der Waals surface area contributed by atoms with Crippen molar-refractivity contribution in [1.82, 2.24) is 25.5 Å². The van der Waals surface area contributed by atoms with E-state index in [1.165, 1.54) is 0 Å². The van der Waals surface area contributed by atoms with Gasteiger partial charge in [0.15, 0.2) is 5.76 Å². The number of carbonyl (C=O) groups excluding carboxylic acids is 1. The van der Waals surface area contributed by atoms with Gasteiger partial charge in [-0.2, -0.15) is 13.2 Å². The third-order valence-corrected chi connectivity index (χ3v) is 5.26. The number of piperazine rings is 1. The van der Waals surface area contributed by atoms with Gasteiger partial charge in [-0.3, -0.25) is 14.7 Å². The molecule has 1 saturated heterocycles. The van der Waals surface area contributed by atoms with Gasteiger partial charge in [0.05, 0.1) is 17.8 Å². The zero-order chi connectivity index (χ0) is 21.9. The van der Waals surface area contributed by atoms with Crippen LogP contribution in [0.15, 0.2) is 29.1 Å². The Hall–Kier alpha value is -2.46. The van der Waals surface area contributed by atoms with Gasteiger partial charge in [-0.15, -0.1) is 0 Å². The number of aryl methyl sites for hydroxylation is 1. The van der Waals surface area contributed by atoms with Crippen LogP contribution in [0.1, 0.15) is 32.2 Å². The highest BCUT2D eigenvalue weighted by Crippen LogP contribution is 2.31. The zero-order valence-electron chi connectivity index (χ0n) is 17.2. The Kier molecular flexibility index (Phi) is 6.47. The normalized spacial score (nSPS) is 18.4. The van der Waals surface area contributed by atoms with Crippen LogP contribution in [0.3, 0.4) is 0 Å². The number of aromatic nitrogens is 2. The van der Waals surface area contributed by atoms with Crippen LogP contribution in [-0.4, -0.2) is 59.2 Å². The highest BCUT2D eigenvalue weighted by atomic mass is 19.4. The first-order valence-electron chi connectivity index (χ1n) is 9.83. The first-order valence-corrected chi connectivity index (χ1v) is 9.83. The van der Waals surface area contributed by atoms with Crippen molar-refractivity contribution >= 4 is 5.91 Å². The van der Waals surface area contributed by atoms with Gasteiger partial charge in [-0.25, -0.2) is 4.98 Å². The molecule has 10 heteroatoms. The highest BCUT2D eigenvalue weighted by molar-refractivity contribution is 5.82. The van der Waals surface area contributed by atoms with E-state index in [4.69, 9.17) is 4.42 Å². The minimum atomic E-state index is -4.44. The van der Waals surface area contributed by atoms with E-state index in [1.54, 1.807) is 18.6 Å². The summed E-state index contributed by atoms with van der Waals surface area (Å²) in [4.78, 5) is 22.8. The van der Waals surface area contributed by atoms with E-state index in [9.17, 15) is 18.0 Å². The number of alkyl halides is 3. The minimum absolute atomic E-state index is 0.237. The van der Waals surface area contributed by atoms with Crippen molar-refractivity contribution in [3.8, 4) is 11.3 Å². The molecule has 3 heterocycles. The molecule has 1 aliphatic heterocycles. The van der Waals surface area contributed by atoms with E-state index in [1.807, 2.05) is 37.1 Å². The third kappa shape index (κ3) is 5.17. The maximum atomic E-state index is 12.4. The van der Waals surface area contributed by atoms with Crippen molar-refractivity contribution in [3.05, 3.63) is 36.1 Å². The number of amides is 1. The highest BCUT2D eigenvalue weighted by Gasteiger charge is 2.39. The van der Waals surface area contributed by atoms with Gasteiger partial charge in [0.2, 0.25) is 11.8 Å². The average Bonchev–Trinajstić information content (AvgIpc) is 3.23. The summed E-state index contributed by atoms with van der Waals surface area (Å²) in [5, 5.41) is 4.91. The second-order valence-corrected chi connectivity index (χ2v) is 7.81. The third-order valence-electron chi connectivity index (χ3n) is 5.26. The molecule has 0 aliphatic carbocycles. The number of carbonyl (C=O) groups is 1. The summed E-state index contributed by atoms with van der Waals surface area (Å²) in [6.07, 6.45) is 1.56. The number of oxazole rings is 1. The van der Waals surface area contributed by atoms with Crippen LogP contribution in [0.2, 0.25) is 0 Å². The summed E-state index contributed by atoms with van der Waals surface area (Å²) in [6, 6.07) is 1.25. The predicted molar refractivity (Wildman–Crippen MR) is 105 cm³/mol. The van der Waals surface area contributed by atoms with Crippen LogP contribution in [0, 0.1) is 0 Å². The molecule has 0 unspecified atom stereocenters. The van der Waals surface area contributed by atoms with Crippen LogP contribution in [0.25, 0.3) is 11.3 Å². The molecule has 0 radical (unpaired) electrons. The Morgan fingerprint density at radius 3 is 2.80 bits per heavy atom. The van der Waals surface area contributed by atoms with Crippen LogP contribution in [0.4, 0.5) is 13.2 Å². The molecule has 2 aromatic heterocycles. The summed E-state index contributed by atoms with van der Waals surface area (Å²) < 4.78 is 43.2. The second-order valence-electron chi connectivity index (χ2n) is 7.81. The standard InChI is InChI=1S/C20H26F3N5O2/c1-4-13-7-14(9-24-8-13)16-10-26-18(30-16)19(2,3)28-6-5-25-15(11-28)17(29)27-12-20(21,22)23/h7-10,15,25H,4-6,11-12H2,1-3H3,(H,27,29)/t15-/m0/s1. The average molecular weight is 425 g/mol. The molecule has 2 aromatic rings. The number of hydrogen-bond donors (Lipinski definition) is 2. The summed E-state index contributed by atoms with van der Waals surface area (Å²) in [7, 11) is 0. The van der Waals surface area contributed by atoms with Crippen LogP contribution >= 0.6 is 0 Å². The Morgan fingerprint density at radius 1 is 1.33 bits per heavy atom. The Balaban J connectivity index is 1.72. The van der Waals surface area contributed by atoms with E-state index >= 15 is 0 Å². The van der Waals surface area contributed by atoms with Gasteiger partial charge in [0.25, 0.3) is 0 Å². The van der Waals surface area contributed by atoms with Crippen molar-refractivity contribution < 1.29 is 22.4 Å². The molecule has 1 amide bonds. The molecule has 0 saturated carbocycles. The van der Waals surface area contributed by atoms with Gasteiger partial charge >= 0.3 is 6.18 Å². The van der Waals surface area contributed by atoms with E-state index < -0.39 is 30.2 Å². The number of rotatable bonds is 6. The number of nitrogens with one attached hydrogen (secondary N) is 2. The topological polar surface area (TPSA) is 83.3 Å². The molecule has 0 spiro atoms. The lowest BCUT2D eigenvalue weighted by Crippen LogP contribution is -2.61. The molecular formula is C20H26F3N5O2. The van der Waals surface area contributed by atoms with Crippen LogP contribution in [0.5, 0.6) is 0 Å². The maximum Gasteiger partial charge on any atom is 0.405 e. The van der Waals surface area contributed by atoms with Gasteiger partial charge in [0.1, 0.15) is 6.54 Å². The zero-order valence-corrected chi connectivity index (χ0v) is 17.2. The largest absolute Gasteiger partial charge is 0.439 e.